The van der Waals surface area contributed by atoms with Crippen LogP contribution in [0.5, 0.6) is 0 Å². The summed E-state index contributed by atoms with van der Waals surface area (Å²) in [4.78, 5) is 4.76. The first-order valence-corrected chi connectivity index (χ1v) is 10.1. The Labute approximate surface area is 169 Å². The van der Waals surface area contributed by atoms with Crippen molar-refractivity contribution in [1.29, 1.82) is 0 Å². The quantitative estimate of drug-likeness (QED) is 0.583. The van der Waals surface area contributed by atoms with Crippen molar-refractivity contribution in [1.82, 2.24) is 10.3 Å². The first kappa shape index (κ1) is 18.7. The lowest BCUT2D eigenvalue weighted by atomic mass is 9.93. The zero-order valence-corrected chi connectivity index (χ0v) is 16.5. The first-order valence-electron chi connectivity index (χ1n) is 9.38. The van der Waals surface area contributed by atoms with Crippen LogP contribution < -0.4 is 5.32 Å². The van der Waals surface area contributed by atoms with Gasteiger partial charge in [0.2, 0.25) is 0 Å². The monoisotopic (exact) mass is 400 g/mol. The van der Waals surface area contributed by atoms with E-state index in [0.29, 0.717) is 28.0 Å². The molecule has 3 aromatic rings. The number of nitrogens with one attached hydrogen (secondary N) is 1. The molecule has 27 heavy (non-hydrogen) atoms. The van der Waals surface area contributed by atoms with Gasteiger partial charge in [-0.25, -0.2) is 4.98 Å². The Morgan fingerprint density at radius 1 is 1.11 bits per heavy atom. The van der Waals surface area contributed by atoms with Crippen LogP contribution in [0.4, 0.5) is 0 Å². The lowest BCUT2D eigenvalue weighted by molar-refractivity contribution is 0.146. The lowest BCUT2D eigenvalue weighted by Gasteiger charge is -2.26. The van der Waals surface area contributed by atoms with Crippen LogP contribution >= 0.6 is 23.2 Å². The number of rotatable bonds is 4. The molecule has 0 aliphatic carbocycles. The van der Waals surface area contributed by atoms with Gasteiger partial charge in [0, 0.05) is 22.0 Å². The fourth-order valence-corrected chi connectivity index (χ4v) is 4.37. The van der Waals surface area contributed by atoms with E-state index in [9.17, 15) is 5.11 Å². The van der Waals surface area contributed by atoms with Crippen molar-refractivity contribution in [2.75, 3.05) is 6.54 Å². The Morgan fingerprint density at radius 2 is 1.93 bits per heavy atom. The molecule has 1 aliphatic rings. The number of pyridine rings is 1. The second kappa shape index (κ2) is 8.15. The fourth-order valence-electron chi connectivity index (χ4n) is 3.83. The third-order valence-electron chi connectivity index (χ3n) is 5.21. The third kappa shape index (κ3) is 4.12. The Morgan fingerprint density at radius 3 is 2.67 bits per heavy atom. The molecule has 2 atom stereocenters. The predicted octanol–water partition coefficient (Wildman–Crippen LogP) is 5.77. The molecule has 3 nitrogen and oxygen atoms in total. The fraction of sp³-hybridized carbons (Fsp3) is 0.318. The maximum absolute atomic E-state index is 11.1. The number of piperidine rings is 1. The van der Waals surface area contributed by atoms with Crippen molar-refractivity contribution in [2.24, 2.45) is 0 Å². The Hall–Kier alpha value is -1.65. The summed E-state index contributed by atoms with van der Waals surface area (Å²) in [5, 5.41) is 16.4. The molecule has 2 unspecified atom stereocenters. The van der Waals surface area contributed by atoms with E-state index in [2.05, 4.69) is 5.32 Å². The minimum absolute atomic E-state index is 0.326. The van der Waals surface area contributed by atoms with Crippen molar-refractivity contribution in [3.63, 3.8) is 0 Å². The molecule has 2 heterocycles. The number of hydrogen-bond acceptors (Lipinski definition) is 3. The van der Waals surface area contributed by atoms with Gasteiger partial charge in [0.05, 0.1) is 22.3 Å². The van der Waals surface area contributed by atoms with E-state index >= 15 is 0 Å². The van der Waals surface area contributed by atoms with Gasteiger partial charge in [0.25, 0.3) is 0 Å². The second-order valence-corrected chi connectivity index (χ2v) is 7.99. The van der Waals surface area contributed by atoms with Gasteiger partial charge >= 0.3 is 0 Å². The lowest BCUT2D eigenvalue weighted by Crippen LogP contribution is -2.35. The average Bonchev–Trinajstić information content (AvgIpc) is 2.68. The van der Waals surface area contributed by atoms with Crippen LogP contribution in [0.1, 0.15) is 37.4 Å². The van der Waals surface area contributed by atoms with Crippen molar-refractivity contribution >= 4 is 34.1 Å². The number of halogens is 2. The van der Waals surface area contributed by atoms with Crippen LogP contribution in [0, 0.1) is 0 Å². The van der Waals surface area contributed by atoms with Crippen LogP contribution in [-0.2, 0) is 0 Å². The average molecular weight is 401 g/mol. The molecule has 2 N–H and O–H groups in total. The first-order chi connectivity index (χ1) is 13.1. The van der Waals surface area contributed by atoms with Crippen molar-refractivity contribution in [3.05, 3.63) is 64.1 Å². The van der Waals surface area contributed by atoms with Crippen molar-refractivity contribution in [2.45, 2.75) is 37.8 Å². The van der Waals surface area contributed by atoms with E-state index in [1.807, 2.05) is 42.5 Å². The summed E-state index contributed by atoms with van der Waals surface area (Å²) in [5.74, 6) is 0. The van der Waals surface area contributed by atoms with Gasteiger partial charge in [0.1, 0.15) is 0 Å². The number of nitrogens with zero attached hydrogens (tertiary/aromatic N) is 1. The predicted molar refractivity (Wildman–Crippen MR) is 112 cm³/mol. The van der Waals surface area contributed by atoms with Gasteiger partial charge < -0.3 is 10.4 Å². The number of benzene rings is 2. The van der Waals surface area contributed by atoms with Crippen molar-refractivity contribution in [3.8, 4) is 11.3 Å². The zero-order valence-electron chi connectivity index (χ0n) is 15.0. The van der Waals surface area contributed by atoms with E-state index in [1.165, 1.54) is 12.8 Å². The minimum Gasteiger partial charge on any atom is -0.388 e. The molecule has 1 aliphatic heterocycles. The van der Waals surface area contributed by atoms with Crippen LogP contribution in [0.25, 0.3) is 22.2 Å². The maximum Gasteiger partial charge on any atom is 0.0900 e. The zero-order chi connectivity index (χ0) is 18.8. The summed E-state index contributed by atoms with van der Waals surface area (Å²) < 4.78 is 0. The number of aromatic nitrogens is 1. The van der Waals surface area contributed by atoms with Crippen molar-refractivity contribution < 1.29 is 5.11 Å². The molecule has 5 heteroatoms. The summed E-state index contributed by atoms with van der Waals surface area (Å²) in [6.07, 6.45) is 3.55. The summed E-state index contributed by atoms with van der Waals surface area (Å²) in [6, 6.07) is 15.8. The van der Waals surface area contributed by atoms with E-state index in [1.54, 1.807) is 6.07 Å². The number of hydrogen-bond donors (Lipinski definition) is 2. The van der Waals surface area contributed by atoms with Gasteiger partial charge in [-0.2, -0.15) is 0 Å². The molecule has 140 valence electrons. The van der Waals surface area contributed by atoms with E-state index < -0.39 is 6.10 Å². The molecule has 0 spiro atoms. The van der Waals surface area contributed by atoms with Crippen LogP contribution in [0.2, 0.25) is 10.0 Å². The van der Waals surface area contributed by atoms with E-state index in [-0.39, 0.29) is 0 Å². The molecule has 0 bridgehead atoms. The Kier molecular flexibility index (Phi) is 5.65. The minimum atomic E-state index is -0.608. The molecule has 0 saturated carbocycles. The van der Waals surface area contributed by atoms with Crippen LogP contribution in [-0.4, -0.2) is 22.7 Å². The van der Waals surface area contributed by atoms with E-state index in [4.69, 9.17) is 28.2 Å². The molecule has 1 aromatic heterocycles. The molecule has 0 radical (unpaired) electrons. The molecule has 2 aromatic carbocycles. The molecule has 1 saturated heterocycles. The largest absolute Gasteiger partial charge is 0.388 e. The number of aliphatic hydroxyl groups excluding tert-OH is 1. The summed E-state index contributed by atoms with van der Waals surface area (Å²) >= 11 is 12.7. The van der Waals surface area contributed by atoms with Crippen LogP contribution in [0.15, 0.2) is 48.5 Å². The normalized spacial score (nSPS) is 18.6. The van der Waals surface area contributed by atoms with E-state index in [0.717, 1.165) is 35.2 Å². The molecule has 1 fully saturated rings. The molecular weight excluding hydrogens is 379 g/mol. The molecule has 4 rings (SSSR count). The van der Waals surface area contributed by atoms with Gasteiger partial charge in [-0.3, -0.25) is 0 Å². The number of fused-ring (bicyclic) bond motifs is 1. The highest BCUT2D eigenvalue weighted by Crippen LogP contribution is 2.36. The third-order valence-corrected chi connectivity index (χ3v) is 5.72. The van der Waals surface area contributed by atoms with Gasteiger partial charge in [0.15, 0.2) is 0 Å². The molecule has 0 amide bonds. The summed E-state index contributed by atoms with van der Waals surface area (Å²) in [6.45, 7) is 1.02. The standard InChI is InChI=1S/C22H22Cl2N2O/c23-15-10-18-17(21(27)12-16-8-4-5-9-25-16)13-20(14-6-2-1-3-7-14)26-22(18)19(24)11-15/h1-3,6-7,10-11,13,16,21,25,27H,4-5,8-9,12H2. The smallest absolute Gasteiger partial charge is 0.0900 e. The molecular formula is C22H22Cl2N2O. The van der Waals surface area contributed by atoms with Gasteiger partial charge in [-0.15, -0.1) is 0 Å². The second-order valence-electron chi connectivity index (χ2n) is 7.14. The highest BCUT2D eigenvalue weighted by Gasteiger charge is 2.22. The highest BCUT2D eigenvalue weighted by atomic mass is 35.5. The van der Waals surface area contributed by atoms with Gasteiger partial charge in [-0.1, -0.05) is 60.0 Å². The highest BCUT2D eigenvalue weighted by molar-refractivity contribution is 6.38. The Bertz CT molecular complexity index is 940. The SMILES string of the molecule is OC(CC1CCCCN1)c1cc(-c2ccccc2)nc2c(Cl)cc(Cl)cc12. The maximum atomic E-state index is 11.1. The number of aliphatic hydroxyl groups is 1. The Balaban J connectivity index is 1.81. The topological polar surface area (TPSA) is 45.1 Å². The summed E-state index contributed by atoms with van der Waals surface area (Å²) in [5.41, 5.74) is 3.30. The van der Waals surface area contributed by atoms with Crippen LogP contribution in [0.3, 0.4) is 0 Å². The summed E-state index contributed by atoms with van der Waals surface area (Å²) in [7, 11) is 0. The van der Waals surface area contributed by atoms with Gasteiger partial charge in [-0.05, 0) is 49.6 Å².